The number of hydrogen-bond acceptors (Lipinski definition) is 3. The summed E-state index contributed by atoms with van der Waals surface area (Å²) in [5.41, 5.74) is 7.32. The van der Waals surface area contributed by atoms with Crippen molar-refractivity contribution in [3.63, 3.8) is 0 Å². The summed E-state index contributed by atoms with van der Waals surface area (Å²) in [7, 11) is 0. The van der Waals surface area contributed by atoms with E-state index in [1.807, 2.05) is 73.1 Å². The average Bonchev–Trinajstić information content (AvgIpc) is 3.43. The third-order valence-electron chi connectivity index (χ3n) is 8.13. The normalized spacial score (nSPS) is 11.6. The molecule has 0 spiro atoms. The minimum atomic E-state index is -1.72. The Morgan fingerprint density at radius 3 is 2.12 bits per heavy atom. The van der Waals surface area contributed by atoms with Crippen molar-refractivity contribution in [2.24, 2.45) is 0 Å². The molecule has 0 aliphatic carbocycles. The van der Waals surface area contributed by atoms with Crippen LogP contribution in [-0.2, 0) is 25.5 Å². The molecule has 0 atom stereocenters. The Kier molecular flexibility index (Phi) is 10.5. The molecule has 48 heavy (non-hydrogen) atoms. The molecule has 0 saturated heterocycles. The molecule has 0 saturated carbocycles. The van der Waals surface area contributed by atoms with Gasteiger partial charge in [0.1, 0.15) is 17.2 Å². The maximum absolute atomic E-state index is 13.7. The first-order chi connectivity index (χ1) is 22.4. The number of fused-ring (bicyclic) bond motifs is 3. The number of pyridine rings is 2. The van der Waals surface area contributed by atoms with E-state index in [-0.39, 0.29) is 25.5 Å². The minimum Gasteiger partial charge on any atom is 0 e. The monoisotopic (exact) mass is 877 g/mol. The van der Waals surface area contributed by atoms with Crippen LogP contribution in [0.1, 0.15) is 26.3 Å². The largest absolute Gasteiger partial charge is 0 e. The van der Waals surface area contributed by atoms with Crippen LogP contribution < -0.4 is 4.40 Å². The zero-order valence-corrected chi connectivity index (χ0v) is 32.3. The van der Waals surface area contributed by atoms with Crippen LogP contribution >= 0.6 is 0 Å². The predicted molar refractivity (Wildman–Crippen MR) is 191 cm³/mol. The Bertz CT molecular complexity index is 2160. The molecule has 3 aromatic heterocycles. The first kappa shape index (κ1) is 35.3. The summed E-state index contributed by atoms with van der Waals surface area (Å²) in [6, 6.07) is 35.7. The van der Waals surface area contributed by atoms with Crippen molar-refractivity contribution < 1.29 is 33.3 Å². The van der Waals surface area contributed by atoms with Gasteiger partial charge in [-0.05, 0) is 52.1 Å². The molecule has 7 rings (SSSR count). The van der Waals surface area contributed by atoms with Crippen LogP contribution in [0.4, 0.5) is 8.78 Å². The second-order valence-electron chi connectivity index (χ2n) is 13.7. The number of aromatic nitrogens is 2. The fourth-order valence-corrected chi connectivity index (χ4v) is 7.59. The smallest absolute Gasteiger partial charge is 0 e. The van der Waals surface area contributed by atoms with E-state index >= 15 is 0 Å². The third kappa shape index (κ3) is 7.84. The molecule has 4 aromatic carbocycles. The van der Waals surface area contributed by atoms with E-state index in [0.29, 0.717) is 22.3 Å². The predicted octanol–water partition coefficient (Wildman–Crippen LogP) is 10.8. The minimum absolute atomic E-state index is 0. The van der Waals surface area contributed by atoms with Gasteiger partial charge in [0.15, 0.2) is 0 Å². The van der Waals surface area contributed by atoms with E-state index in [9.17, 15) is 8.78 Å². The van der Waals surface area contributed by atoms with Crippen LogP contribution in [0.2, 0.25) is 17.3 Å². The molecule has 3 heterocycles. The molecule has 245 valence electrons. The summed E-state index contributed by atoms with van der Waals surface area (Å²) >= 11 is -1.72. The number of rotatable bonds is 4. The van der Waals surface area contributed by atoms with Crippen LogP contribution in [-0.4, -0.2) is 23.2 Å². The first-order valence-electron chi connectivity index (χ1n) is 15.6. The van der Waals surface area contributed by atoms with Gasteiger partial charge in [0.25, 0.3) is 0 Å². The van der Waals surface area contributed by atoms with Gasteiger partial charge in [-0.1, -0.05) is 49.9 Å². The summed E-state index contributed by atoms with van der Waals surface area (Å²) in [5.74, 6) is 5.92. The molecule has 3 nitrogen and oxygen atoms in total. The molecule has 0 bridgehead atoms. The molecule has 1 radical (unpaired) electrons. The zero-order chi connectivity index (χ0) is 33.3. The van der Waals surface area contributed by atoms with Gasteiger partial charge < -0.3 is 9.40 Å². The Hall–Kier alpha value is -3.97. The van der Waals surface area contributed by atoms with E-state index in [4.69, 9.17) is 4.42 Å². The number of nitrogens with zero attached hydrogens (tertiary/aromatic N) is 2. The van der Waals surface area contributed by atoms with Crippen molar-refractivity contribution in [2.45, 2.75) is 43.5 Å². The Labute approximate surface area is 297 Å². The molecule has 7 heteroatoms. The van der Waals surface area contributed by atoms with Gasteiger partial charge in [-0.2, -0.15) is 0 Å². The number of hydrogen-bond donors (Lipinski definition) is 0. The molecule has 7 aromatic rings. The van der Waals surface area contributed by atoms with Crippen LogP contribution in [0.25, 0.3) is 55.6 Å². The maximum Gasteiger partial charge on any atom is 0 e. The van der Waals surface area contributed by atoms with Crippen molar-refractivity contribution in [1.29, 1.82) is 0 Å². The third-order valence-corrected chi connectivity index (χ3v) is 12.4. The van der Waals surface area contributed by atoms with Crippen molar-refractivity contribution in [3.8, 4) is 33.6 Å². The van der Waals surface area contributed by atoms with Crippen molar-refractivity contribution in [1.82, 2.24) is 9.97 Å². The molecule has 0 amide bonds. The molecule has 0 aliphatic rings. The van der Waals surface area contributed by atoms with Gasteiger partial charge in [-0.3, -0.25) is 0 Å². The fraction of sp³-hybridized carbons (Fsp3) is 0.171. The van der Waals surface area contributed by atoms with Gasteiger partial charge in [-0.15, -0.1) is 18.2 Å². The van der Waals surface area contributed by atoms with Crippen LogP contribution in [0.5, 0.6) is 0 Å². The van der Waals surface area contributed by atoms with Crippen LogP contribution in [0, 0.1) is 23.8 Å². The summed E-state index contributed by atoms with van der Waals surface area (Å²) in [5, 5.41) is 1.88. The Balaban J connectivity index is 0.000000224. The van der Waals surface area contributed by atoms with E-state index in [2.05, 4.69) is 78.3 Å². The SMILES string of the molecule is CC(C)(C)c1ccnc(-c2[c-]ccc3c2oc2cc(-c4cc(F)cc(F)c4)ccc23)c1.[CH3][Ge]([CH3])([CH3])[c]1ccc(-c2[c-]cccc2)nc1.[Ir]. The van der Waals surface area contributed by atoms with Crippen molar-refractivity contribution >= 4 is 39.6 Å². The Morgan fingerprint density at radius 2 is 1.48 bits per heavy atom. The van der Waals surface area contributed by atoms with Gasteiger partial charge >= 0.3 is 99.8 Å². The van der Waals surface area contributed by atoms with E-state index in [0.717, 1.165) is 39.4 Å². The second-order valence-corrected chi connectivity index (χ2v) is 24.4. The second kappa shape index (κ2) is 14.3. The fourth-order valence-electron chi connectivity index (χ4n) is 5.42. The topological polar surface area (TPSA) is 38.9 Å². The standard InChI is InChI=1S/C27H20F2NO.C14H16GeN.Ir/c1-27(2,3)18-9-10-30-24(14-18)23-6-4-5-22-21-8-7-16(13-25(21)31-26(22)23)17-11-19(28)15-20(29)12-17;1-15(2,3)13-9-10-14(16-11-13)12-7-5-4-6-8-12;/h4-5,7-15H,1-3H3;4-7,9-11H,1-3H3;/q2*-1;. The van der Waals surface area contributed by atoms with E-state index < -0.39 is 24.9 Å². The molecule has 0 unspecified atom stereocenters. The summed E-state index contributed by atoms with van der Waals surface area (Å²) in [6.45, 7) is 6.48. The summed E-state index contributed by atoms with van der Waals surface area (Å²) in [6.07, 6.45) is 3.85. The summed E-state index contributed by atoms with van der Waals surface area (Å²) < 4.78 is 35.0. The molecular weight excluding hydrogens is 839 g/mol. The molecule has 0 fully saturated rings. The number of furan rings is 1. The van der Waals surface area contributed by atoms with Gasteiger partial charge in [-0.25, -0.2) is 8.78 Å². The molecule has 0 N–H and O–H groups in total. The zero-order valence-electron chi connectivity index (χ0n) is 27.8. The number of halogens is 2. The van der Waals surface area contributed by atoms with Crippen molar-refractivity contribution in [2.75, 3.05) is 0 Å². The van der Waals surface area contributed by atoms with Crippen LogP contribution in [0.3, 0.4) is 0 Å². The van der Waals surface area contributed by atoms with Crippen molar-refractivity contribution in [3.05, 3.63) is 139 Å². The van der Waals surface area contributed by atoms with Gasteiger partial charge in [0.2, 0.25) is 0 Å². The molecule has 0 aliphatic heterocycles. The summed E-state index contributed by atoms with van der Waals surface area (Å²) in [4.78, 5) is 9.08. The van der Waals surface area contributed by atoms with Crippen LogP contribution in [0.15, 0.2) is 114 Å². The first-order valence-corrected chi connectivity index (χ1v) is 22.9. The Morgan fingerprint density at radius 1 is 0.708 bits per heavy atom. The quantitative estimate of drug-likeness (QED) is 0.131. The number of benzene rings is 4. The average molecular weight is 876 g/mol. The van der Waals surface area contributed by atoms with Gasteiger partial charge in [0, 0.05) is 37.8 Å². The maximum atomic E-state index is 13.7. The van der Waals surface area contributed by atoms with Gasteiger partial charge in [0.05, 0.1) is 5.58 Å². The molecular formula is C41H36F2GeIrN2O-2. The van der Waals surface area contributed by atoms with E-state index in [1.165, 1.54) is 22.1 Å². The van der Waals surface area contributed by atoms with E-state index in [1.54, 1.807) is 0 Å².